The van der Waals surface area contributed by atoms with Crippen LogP contribution in [0.3, 0.4) is 0 Å². The van der Waals surface area contributed by atoms with E-state index in [2.05, 4.69) is 26.0 Å². The molecule has 0 saturated heterocycles. The van der Waals surface area contributed by atoms with Gasteiger partial charge in [0.1, 0.15) is 0 Å². The van der Waals surface area contributed by atoms with Crippen LogP contribution in [0, 0.1) is 0 Å². The number of anilines is 2. The molecule has 2 aromatic rings. The van der Waals surface area contributed by atoms with Crippen molar-refractivity contribution in [1.82, 2.24) is 0 Å². The Hall–Kier alpha value is -1.53. The van der Waals surface area contributed by atoms with E-state index in [4.69, 9.17) is 0 Å². The average molecular weight is 369 g/mol. The molecule has 0 bridgehead atoms. The molecule has 4 nitrogen and oxygen atoms in total. The zero-order valence-electron chi connectivity index (χ0n) is 11.6. The smallest absolute Gasteiger partial charge is 0.232 e. The van der Waals surface area contributed by atoms with Crippen LogP contribution < -0.4 is 10.0 Å². The van der Waals surface area contributed by atoms with Crippen LogP contribution in [0.2, 0.25) is 0 Å². The van der Waals surface area contributed by atoms with Gasteiger partial charge in [-0.3, -0.25) is 4.72 Å². The molecule has 0 amide bonds. The Balaban J connectivity index is 1.98. The van der Waals surface area contributed by atoms with Gasteiger partial charge >= 0.3 is 0 Å². The molecule has 0 aromatic heterocycles. The van der Waals surface area contributed by atoms with E-state index in [0.29, 0.717) is 12.2 Å². The van der Waals surface area contributed by atoms with Gasteiger partial charge in [0.15, 0.2) is 0 Å². The van der Waals surface area contributed by atoms with E-state index in [1.807, 2.05) is 36.4 Å². The minimum atomic E-state index is -3.22. The molecule has 0 unspecified atom stereocenters. The van der Waals surface area contributed by atoms with Crippen molar-refractivity contribution >= 4 is 37.3 Å². The normalized spacial score (nSPS) is 11.1. The average Bonchev–Trinajstić information content (AvgIpc) is 2.48. The third-order valence-electron chi connectivity index (χ3n) is 2.98. The van der Waals surface area contributed by atoms with Gasteiger partial charge in [-0.05, 0) is 42.8 Å². The highest BCUT2D eigenvalue weighted by Crippen LogP contribution is 2.19. The third-order valence-corrected chi connectivity index (χ3v) is 5.06. The van der Waals surface area contributed by atoms with Crippen molar-refractivity contribution in [3.8, 4) is 0 Å². The van der Waals surface area contributed by atoms with Crippen LogP contribution >= 0.6 is 15.9 Å². The Morgan fingerprint density at radius 2 is 1.62 bits per heavy atom. The quantitative estimate of drug-likeness (QED) is 0.814. The molecule has 2 aromatic carbocycles. The molecular formula is C15H17BrN2O2S. The SMILES string of the molecule is CCS(=O)(=O)Nc1ccc(NCc2ccccc2Br)cc1. The largest absolute Gasteiger partial charge is 0.381 e. The maximum atomic E-state index is 11.5. The standard InChI is InChI=1S/C15H17BrN2O2S/c1-2-21(19,20)18-14-9-7-13(8-10-14)17-11-12-5-3-4-6-15(12)16/h3-10,17-18H,2,11H2,1H3. The minimum absolute atomic E-state index is 0.0645. The molecule has 0 atom stereocenters. The molecule has 0 aliphatic heterocycles. The van der Waals surface area contributed by atoms with Gasteiger partial charge in [0.05, 0.1) is 5.75 Å². The first-order chi connectivity index (χ1) is 10.00. The van der Waals surface area contributed by atoms with Crippen LogP contribution in [-0.4, -0.2) is 14.2 Å². The number of nitrogens with one attached hydrogen (secondary N) is 2. The predicted molar refractivity (Wildman–Crippen MR) is 91.0 cm³/mol. The molecule has 6 heteroatoms. The number of sulfonamides is 1. The summed E-state index contributed by atoms with van der Waals surface area (Å²) < 4.78 is 26.5. The van der Waals surface area contributed by atoms with Gasteiger partial charge in [-0.25, -0.2) is 8.42 Å². The third kappa shape index (κ3) is 4.75. The Kier molecular flexibility index (Phi) is 5.25. The van der Waals surface area contributed by atoms with E-state index in [0.717, 1.165) is 15.7 Å². The topological polar surface area (TPSA) is 58.2 Å². The van der Waals surface area contributed by atoms with Crippen molar-refractivity contribution in [2.45, 2.75) is 13.5 Å². The number of rotatable bonds is 6. The van der Waals surface area contributed by atoms with Crippen molar-refractivity contribution < 1.29 is 8.42 Å². The molecule has 0 spiro atoms. The highest BCUT2D eigenvalue weighted by molar-refractivity contribution is 9.10. The fourth-order valence-corrected chi connectivity index (χ4v) is 2.81. The van der Waals surface area contributed by atoms with E-state index in [9.17, 15) is 8.42 Å². The van der Waals surface area contributed by atoms with Crippen LogP contribution in [0.15, 0.2) is 53.0 Å². The van der Waals surface area contributed by atoms with E-state index in [1.165, 1.54) is 0 Å². The lowest BCUT2D eigenvalue weighted by Crippen LogP contribution is -2.14. The van der Waals surface area contributed by atoms with E-state index in [-0.39, 0.29) is 5.75 Å². The van der Waals surface area contributed by atoms with Crippen molar-refractivity contribution in [2.75, 3.05) is 15.8 Å². The van der Waals surface area contributed by atoms with E-state index in [1.54, 1.807) is 19.1 Å². The van der Waals surface area contributed by atoms with Gasteiger partial charge in [-0.1, -0.05) is 34.1 Å². The molecule has 21 heavy (non-hydrogen) atoms. The summed E-state index contributed by atoms with van der Waals surface area (Å²) in [6, 6.07) is 15.2. The summed E-state index contributed by atoms with van der Waals surface area (Å²) in [6.07, 6.45) is 0. The minimum Gasteiger partial charge on any atom is -0.381 e. The molecule has 0 radical (unpaired) electrons. The van der Waals surface area contributed by atoms with E-state index >= 15 is 0 Å². The Bertz CT molecular complexity index is 700. The van der Waals surface area contributed by atoms with Crippen molar-refractivity contribution in [1.29, 1.82) is 0 Å². The van der Waals surface area contributed by atoms with Crippen molar-refractivity contribution in [2.24, 2.45) is 0 Å². The summed E-state index contributed by atoms with van der Waals surface area (Å²) in [5.74, 6) is 0.0645. The fraction of sp³-hybridized carbons (Fsp3) is 0.200. The van der Waals surface area contributed by atoms with Crippen LogP contribution in [-0.2, 0) is 16.6 Å². The molecule has 0 fully saturated rings. The first-order valence-electron chi connectivity index (χ1n) is 6.58. The number of hydrogen-bond acceptors (Lipinski definition) is 3. The van der Waals surface area contributed by atoms with Gasteiger partial charge in [0.25, 0.3) is 0 Å². The number of hydrogen-bond donors (Lipinski definition) is 2. The molecule has 0 aliphatic rings. The molecule has 0 saturated carbocycles. The van der Waals surface area contributed by atoms with Crippen molar-refractivity contribution in [3.63, 3.8) is 0 Å². The lowest BCUT2D eigenvalue weighted by molar-refractivity contribution is 0.602. The lowest BCUT2D eigenvalue weighted by atomic mass is 10.2. The highest BCUT2D eigenvalue weighted by Gasteiger charge is 2.06. The van der Waals surface area contributed by atoms with Crippen LogP contribution in [0.4, 0.5) is 11.4 Å². The Labute approximate surface area is 133 Å². The maximum Gasteiger partial charge on any atom is 0.232 e. The van der Waals surface area contributed by atoms with Gasteiger partial charge in [-0.2, -0.15) is 0 Å². The number of benzene rings is 2. The maximum absolute atomic E-state index is 11.5. The second kappa shape index (κ2) is 6.95. The number of halogens is 1. The second-order valence-electron chi connectivity index (χ2n) is 4.53. The summed E-state index contributed by atoms with van der Waals surface area (Å²) in [6.45, 7) is 2.30. The monoisotopic (exact) mass is 368 g/mol. The lowest BCUT2D eigenvalue weighted by Gasteiger charge is -2.10. The fourth-order valence-electron chi connectivity index (χ4n) is 1.75. The van der Waals surface area contributed by atoms with Crippen LogP contribution in [0.1, 0.15) is 12.5 Å². The predicted octanol–water partition coefficient (Wildman–Crippen LogP) is 3.82. The Morgan fingerprint density at radius 3 is 2.24 bits per heavy atom. The molecule has 0 aliphatic carbocycles. The zero-order valence-corrected chi connectivity index (χ0v) is 14.0. The molecule has 112 valence electrons. The summed E-state index contributed by atoms with van der Waals surface area (Å²) in [7, 11) is -3.22. The summed E-state index contributed by atoms with van der Waals surface area (Å²) >= 11 is 3.51. The van der Waals surface area contributed by atoms with Gasteiger partial charge in [0, 0.05) is 22.4 Å². The van der Waals surface area contributed by atoms with Crippen molar-refractivity contribution in [3.05, 3.63) is 58.6 Å². The highest BCUT2D eigenvalue weighted by atomic mass is 79.9. The summed E-state index contributed by atoms with van der Waals surface area (Å²) in [5.41, 5.74) is 2.67. The van der Waals surface area contributed by atoms with Crippen LogP contribution in [0.5, 0.6) is 0 Å². The summed E-state index contributed by atoms with van der Waals surface area (Å²) in [5, 5.41) is 3.30. The van der Waals surface area contributed by atoms with E-state index < -0.39 is 10.0 Å². The molecule has 2 N–H and O–H groups in total. The van der Waals surface area contributed by atoms with Gasteiger partial charge < -0.3 is 5.32 Å². The first-order valence-corrected chi connectivity index (χ1v) is 9.02. The molecule has 2 rings (SSSR count). The van der Waals surface area contributed by atoms with Gasteiger partial charge in [0.2, 0.25) is 10.0 Å². The first kappa shape index (κ1) is 15.9. The molecule has 0 heterocycles. The summed E-state index contributed by atoms with van der Waals surface area (Å²) in [4.78, 5) is 0. The zero-order chi connectivity index (χ0) is 15.3. The molecular weight excluding hydrogens is 352 g/mol. The van der Waals surface area contributed by atoms with Gasteiger partial charge in [-0.15, -0.1) is 0 Å². The second-order valence-corrected chi connectivity index (χ2v) is 7.39. The van der Waals surface area contributed by atoms with Crippen LogP contribution in [0.25, 0.3) is 0 Å². The Morgan fingerprint density at radius 1 is 1.00 bits per heavy atom.